The van der Waals surface area contributed by atoms with E-state index in [4.69, 9.17) is 9.88 Å². The number of likely N-dealkylation sites (N-methyl/N-ethyl adjacent to an activating group) is 1. The number of nitrogens with two attached hydrogens (primary N) is 1. The van der Waals surface area contributed by atoms with Gasteiger partial charge in [-0.05, 0) is 32.0 Å². The highest BCUT2D eigenvalue weighted by atomic mass is 32.2. The lowest BCUT2D eigenvalue weighted by Crippen LogP contribution is -2.58. The Morgan fingerprint density at radius 2 is 1.86 bits per heavy atom. The first kappa shape index (κ1) is 29.2. The number of ether oxygens (including phenoxy) is 2. The molecule has 200 valence electrons. The highest BCUT2D eigenvalue weighted by molar-refractivity contribution is 7.89. The maximum absolute atomic E-state index is 14.5. The molecule has 1 unspecified atom stereocenters. The molecule has 2 atom stereocenters. The van der Waals surface area contributed by atoms with Crippen molar-refractivity contribution in [3.8, 4) is 5.75 Å². The SMILES string of the molecule is CCN(c1ccc(F)c(F)c1OC)[C@@](C)(CC(OC)C(F)(F)F)C(=O)Nc1ccnc(S(N)(=O)=O)c1. The minimum atomic E-state index is -4.88. The van der Waals surface area contributed by atoms with Crippen LogP contribution in [0.4, 0.5) is 33.3 Å². The van der Waals surface area contributed by atoms with Gasteiger partial charge in [0.05, 0.1) is 12.8 Å². The Labute approximate surface area is 204 Å². The van der Waals surface area contributed by atoms with Crippen LogP contribution in [0.15, 0.2) is 35.5 Å². The van der Waals surface area contributed by atoms with E-state index in [-0.39, 0.29) is 17.9 Å². The Morgan fingerprint density at radius 1 is 1.22 bits per heavy atom. The summed E-state index contributed by atoms with van der Waals surface area (Å²) in [4.78, 5) is 18.2. The van der Waals surface area contributed by atoms with Crippen LogP contribution in [0.3, 0.4) is 0 Å². The van der Waals surface area contributed by atoms with Crippen molar-refractivity contribution in [2.75, 3.05) is 31.0 Å². The molecule has 1 aromatic heterocycles. The Bertz CT molecular complexity index is 1210. The molecule has 2 rings (SSSR count). The van der Waals surface area contributed by atoms with E-state index < -0.39 is 62.6 Å². The summed E-state index contributed by atoms with van der Waals surface area (Å²) >= 11 is 0. The summed E-state index contributed by atoms with van der Waals surface area (Å²) in [6.45, 7) is 2.47. The molecule has 0 aliphatic heterocycles. The minimum Gasteiger partial charge on any atom is -0.491 e. The van der Waals surface area contributed by atoms with Gasteiger partial charge in [0.25, 0.3) is 10.0 Å². The van der Waals surface area contributed by atoms with E-state index in [1.807, 2.05) is 0 Å². The second-order valence-electron chi connectivity index (χ2n) is 7.78. The lowest BCUT2D eigenvalue weighted by atomic mass is 9.89. The molecule has 1 heterocycles. The lowest BCUT2D eigenvalue weighted by molar-refractivity contribution is -0.217. The number of hydrogen-bond acceptors (Lipinski definition) is 7. The van der Waals surface area contributed by atoms with Crippen LogP contribution in [0.25, 0.3) is 0 Å². The van der Waals surface area contributed by atoms with Gasteiger partial charge in [0.1, 0.15) is 5.54 Å². The van der Waals surface area contributed by atoms with Crippen LogP contribution in [-0.4, -0.2) is 57.9 Å². The number of methoxy groups -OCH3 is 2. The number of benzene rings is 1. The zero-order valence-electron chi connectivity index (χ0n) is 19.7. The van der Waals surface area contributed by atoms with Gasteiger partial charge in [0.2, 0.25) is 11.7 Å². The Balaban J connectivity index is 2.67. The molecular weight excluding hydrogens is 515 g/mol. The number of aromatic nitrogens is 1. The standard InChI is InChI=1S/C21H25F5N4O5S/c1-5-30(14-7-6-13(22)17(23)18(14)35-4)20(2,11-15(34-3)21(24,25)26)19(31)29-12-8-9-28-16(10-12)36(27,32)33/h6-10,15H,5,11H2,1-4H3,(H2,27,32,33)(H,28,29,31)/t15?,20-/m0/s1. The van der Waals surface area contributed by atoms with Gasteiger partial charge in [-0.15, -0.1) is 0 Å². The third-order valence-electron chi connectivity index (χ3n) is 5.44. The van der Waals surface area contributed by atoms with Gasteiger partial charge in [-0.1, -0.05) is 0 Å². The molecule has 15 heteroatoms. The van der Waals surface area contributed by atoms with Gasteiger partial charge in [-0.2, -0.15) is 17.6 Å². The number of halogens is 5. The van der Waals surface area contributed by atoms with Crippen molar-refractivity contribution in [1.29, 1.82) is 0 Å². The summed E-state index contributed by atoms with van der Waals surface area (Å²) in [5, 5.41) is 6.80. The van der Waals surface area contributed by atoms with E-state index in [0.717, 1.165) is 50.4 Å². The number of carbonyl (C=O) groups is 1. The molecule has 1 aromatic carbocycles. The first-order chi connectivity index (χ1) is 16.6. The second-order valence-corrected chi connectivity index (χ2v) is 9.29. The van der Waals surface area contributed by atoms with E-state index in [1.54, 1.807) is 0 Å². The van der Waals surface area contributed by atoms with Crippen molar-refractivity contribution in [2.45, 2.75) is 43.1 Å². The third kappa shape index (κ3) is 6.20. The fourth-order valence-electron chi connectivity index (χ4n) is 3.64. The molecule has 0 saturated heterocycles. The van der Waals surface area contributed by atoms with Crippen LogP contribution in [0.2, 0.25) is 0 Å². The summed E-state index contributed by atoms with van der Waals surface area (Å²) in [6.07, 6.45) is -7.28. The van der Waals surface area contributed by atoms with Crippen LogP contribution >= 0.6 is 0 Å². The quantitative estimate of drug-likeness (QED) is 0.444. The molecule has 9 nitrogen and oxygen atoms in total. The Morgan fingerprint density at radius 3 is 2.36 bits per heavy atom. The maximum Gasteiger partial charge on any atom is 0.414 e. The number of nitrogens with zero attached hydrogens (tertiary/aromatic N) is 2. The first-order valence-corrected chi connectivity index (χ1v) is 11.8. The normalized spacial score (nSPS) is 14.6. The molecule has 36 heavy (non-hydrogen) atoms. The van der Waals surface area contributed by atoms with Crippen molar-refractivity contribution in [3.63, 3.8) is 0 Å². The van der Waals surface area contributed by atoms with Gasteiger partial charge in [0.15, 0.2) is 22.7 Å². The third-order valence-corrected chi connectivity index (χ3v) is 6.25. The number of rotatable bonds is 10. The average Bonchev–Trinajstić information content (AvgIpc) is 2.79. The van der Waals surface area contributed by atoms with Crippen molar-refractivity contribution >= 4 is 27.3 Å². The highest BCUT2D eigenvalue weighted by Crippen LogP contribution is 2.40. The topological polar surface area (TPSA) is 124 Å². The molecule has 0 saturated carbocycles. The van der Waals surface area contributed by atoms with Gasteiger partial charge < -0.3 is 19.7 Å². The van der Waals surface area contributed by atoms with Crippen LogP contribution in [0.1, 0.15) is 20.3 Å². The predicted octanol–water partition coefficient (Wildman–Crippen LogP) is 3.21. The fourth-order valence-corrected chi connectivity index (χ4v) is 4.14. The van der Waals surface area contributed by atoms with Crippen molar-refractivity contribution in [3.05, 3.63) is 42.1 Å². The molecule has 2 aromatic rings. The zero-order valence-corrected chi connectivity index (χ0v) is 20.5. The van der Waals surface area contributed by atoms with Gasteiger partial charge in [0, 0.05) is 38.0 Å². The summed E-state index contributed by atoms with van der Waals surface area (Å²) in [5.74, 6) is -4.34. The lowest BCUT2D eigenvalue weighted by Gasteiger charge is -2.43. The van der Waals surface area contributed by atoms with Crippen molar-refractivity contribution in [1.82, 2.24) is 4.98 Å². The maximum atomic E-state index is 14.5. The van der Waals surface area contributed by atoms with E-state index in [1.165, 1.54) is 13.0 Å². The van der Waals surface area contributed by atoms with E-state index in [2.05, 4.69) is 15.0 Å². The van der Waals surface area contributed by atoms with Crippen LogP contribution in [0.5, 0.6) is 5.75 Å². The molecule has 0 aliphatic rings. The van der Waals surface area contributed by atoms with Gasteiger partial charge in [-0.3, -0.25) is 4.79 Å². The predicted molar refractivity (Wildman–Crippen MR) is 120 cm³/mol. The number of carbonyl (C=O) groups excluding carboxylic acids is 1. The van der Waals surface area contributed by atoms with Crippen molar-refractivity contribution in [2.24, 2.45) is 5.14 Å². The van der Waals surface area contributed by atoms with E-state index in [9.17, 15) is 35.2 Å². The van der Waals surface area contributed by atoms with Crippen LogP contribution in [-0.2, 0) is 19.6 Å². The molecule has 0 radical (unpaired) electrons. The number of hydrogen-bond donors (Lipinski definition) is 2. The molecule has 1 amide bonds. The fraction of sp³-hybridized carbons (Fsp3) is 0.429. The van der Waals surface area contributed by atoms with Crippen LogP contribution in [0, 0.1) is 11.6 Å². The number of alkyl halides is 3. The van der Waals surface area contributed by atoms with Crippen molar-refractivity contribution < 1.29 is 44.6 Å². The number of nitrogens with one attached hydrogen (secondary N) is 1. The average molecular weight is 541 g/mol. The van der Waals surface area contributed by atoms with Gasteiger partial charge >= 0.3 is 6.18 Å². The van der Waals surface area contributed by atoms with E-state index in [0.29, 0.717) is 0 Å². The molecular formula is C21H25F5N4O5S. The number of anilines is 2. The van der Waals surface area contributed by atoms with E-state index >= 15 is 0 Å². The number of pyridine rings is 1. The Hall–Kier alpha value is -3.04. The molecule has 0 spiro atoms. The summed E-state index contributed by atoms with van der Waals surface area (Å²) in [5.41, 5.74) is -2.46. The molecule has 0 bridgehead atoms. The van der Waals surface area contributed by atoms with Gasteiger partial charge in [-0.25, -0.2) is 22.9 Å². The second kappa shape index (κ2) is 10.9. The largest absolute Gasteiger partial charge is 0.491 e. The highest BCUT2D eigenvalue weighted by Gasteiger charge is 2.50. The molecule has 3 N–H and O–H groups in total. The summed E-state index contributed by atoms with van der Waals surface area (Å²) < 4.78 is 102. The number of primary sulfonamides is 1. The summed E-state index contributed by atoms with van der Waals surface area (Å²) in [7, 11) is -2.41. The monoisotopic (exact) mass is 540 g/mol. The first-order valence-electron chi connectivity index (χ1n) is 10.3. The summed E-state index contributed by atoms with van der Waals surface area (Å²) in [6, 6.07) is 3.92. The number of amides is 1. The number of sulfonamides is 1. The minimum absolute atomic E-state index is 0.139. The molecule has 0 fully saturated rings. The Kier molecular flexibility index (Phi) is 8.86. The zero-order chi connectivity index (χ0) is 27.5. The molecule has 0 aliphatic carbocycles. The smallest absolute Gasteiger partial charge is 0.414 e. The van der Waals surface area contributed by atoms with Crippen LogP contribution < -0.4 is 20.1 Å².